The van der Waals surface area contributed by atoms with E-state index < -0.39 is 5.97 Å². The van der Waals surface area contributed by atoms with Gasteiger partial charge in [-0.2, -0.15) is 10.2 Å². The first-order valence-electron chi connectivity index (χ1n) is 9.14. The van der Waals surface area contributed by atoms with Gasteiger partial charge in [0.25, 0.3) is 0 Å². The predicted octanol–water partition coefficient (Wildman–Crippen LogP) is 3.27. The monoisotopic (exact) mass is 468 g/mol. The van der Waals surface area contributed by atoms with Crippen LogP contribution in [0.25, 0.3) is 0 Å². The average Bonchev–Trinajstić information content (AvgIpc) is 3.25. The van der Waals surface area contributed by atoms with Gasteiger partial charge in [-0.15, -0.1) is 0 Å². The van der Waals surface area contributed by atoms with Crippen LogP contribution < -0.4 is 0 Å². The van der Waals surface area contributed by atoms with Gasteiger partial charge in [0.2, 0.25) is 0 Å². The number of halogens is 1. The maximum atomic E-state index is 11.0. The molecule has 0 amide bonds. The van der Waals surface area contributed by atoms with E-state index in [2.05, 4.69) is 36.1 Å². The molecule has 30 heavy (non-hydrogen) atoms. The Morgan fingerprint density at radius 1 is 0.933 bits per heavy atom. The number of nitrogens with zero attached hydrogens (tertiary/aromatic N) is 6. The highest BCUT2D eigenvalue weighted by molar-refractivity contribution is 9.10. The second-order valence-corrected chi connectivity index (χ2v) is 7.50. The van der Waals surface area contributed by atoms with Crippen LogP contribution in [0.1, 0.15) is 32.9 Å². The molecule has 0 aliphatic rings. The maximum absolute atomic E-state index is 11.0. The van der Waals surface area contributed by atoms with Gasteiger partial charge in [-0.3, -0.25) is 19.3 Å². The van der Waals surface area contributed by atoms with E-state index in [0.29, 0.717) is 12.1 Å². The minimum absolute atomic E-state index is 0.242. The molecular weight excluding hydrogens is 448 g/mol. The summed E-state index contributed by atoms with van der Waals surface area (Å²) in [5.74, 6) is -0.952. The SMILES string of the molecule is Cn1cc(Br)c(Cc2cccnc2)n1.Cn1cc(C(=O)O)c(Cc2cccnc2)n1. The second kappa shape index (κ2) is 9.93. The molecule has 4 aromatic heterocycles. The van der Waals surface area contributed by atoms with Crippen molar-refractivity contribution in [2.75, 3.05) is 0 Å². The smallest absolute Gasteiger partial charge is 0.339 e. The number of aromatic nitrogens is 6. The fourth-order valence-corrected chi connectivity index (χ4v) is 3.38. The van der Waals surface area contributed by atoms with Gasteiger partial charge in [-0.1, -0.05) is 12.1 Å². The van der Waals surface area contributed by atoms with Crippen LogP contribution >= 0.6 is 15.9 Å². The summed E-state index contributed by atoms with van der Waals surface area (Å²) in [6, 6.07) is 7.70. The molecule has 4 heterocycles. The molecule has 9 heteroatoms. The predicted molar refractivity (Wildman–Crippen MR) is 115 cm³/mol. The number of carbonyl (C=O) groups is 1. The lowest BCUT2D eigenvalue weighted by Crippen LogP contribution is -2.01. The quantitative estimate of drug-likeness (QED) is 0.482. The average molecular weight is 469 g/mol. The third-order valence-corrected chi connectivity index (χ3v) is 4.84. The molecule has 0 saturated carbocycles. The molecule has 8 nitrogen and oxygen atoms in total. The van der Waals surface area contributed by atoms with Crippen molar-refractivity contribution in [3.63, 3.8) is 0 Å². The molecule has 0 unspecified atom stereocenters. The summed E-state index contributed by atoms with van der Waals surface area (Å²) < 4.78 is 4.36. The first kappa shape index (κ1) is 21.4. The molecule has 0 spiro atoms. The Morgan fingerprint density at radius 3 is 1.93 bits per heavy atom. The van der Waals surface area contributed by atoms with Crippen molar-refractivity contribution in [2.45, 2.75) is 12.8 Å². The lowest BCUT2D eigenvalue weighted by Gasteiger charge is -1.98. The highest BCUT2D eigenvalue weighted by Crippen LogP contribution is 2.17. The van der Waals surface area contributed by atoms with Crippen LogP contribution in [0.2, 0.25) is 0 Å². The number of aromatic carboxylic acids is 1. The minimum Gasteiger partial charge on any atom is -0.478 e. The summed E-state index contributed by atoms with van der Waals surface area (Å²) in [5.41, 5.74) is 3.96. The van der Waals surface area contributed by atoms with Crippen LogP contribution in [0, 0.1) is 0 Å². The summed E-state index contributed by atoms with van der Waals surface area (Å²) in [5, 5.41) is 17.5. The van der Waals surface area contributed by atoms with Crippen molar-refractivity contribution in [3.05, 3.63) is 94.0 Å². The van der Waals surface area contributed by atoms with E-state index in [-0.39, 0.29) is 5.56 Å². The number of rotatable bonds is 5. The Bertz CT molecular complexity index is 1110. The van der Waals surface area contributed by atoms with E-state index >= 15 is 0 Å². The Hall–Kier alpha value is -3.33. The number of aryl methyl sites for hydroxylation is 2. The minimum atomic E-state index is -0.952. The van der Waals surface area contributed by atoms with Crippen LogP contribution in [0.3, 0.4) is 0 Å². The Labute approximate surface area is 182 Å². The van der Waals surface area contributed by atoms with E-state index in [0.717, 1.165) is 22.2 Å². The molecule has 4 aromatic rings. The number of hydrogen-bond donors (Lipinski definition) is 1. The van der Waals surface area contributed by atoms with Gasteiger partial charge in [0.15, 0.2) is 0 Å². The van der Waals surface area contributed by atoms with Crippen LogP contribution in [0.15, 0.2) is 65.9 Å². The van der Waals surface area contributed by atoms with Crippen LogP contribution in [0.4, 0.5) is 0 Å². The topological polar surface area (TPSA) is 98.7 Å². The summed E-state index contributed by atoms with van der Waals surface area (Å²) >= 11 is 3.47. The van der Waals surface area contributed by atoms with Crippen molar-refractivity contribution in [1.29, 1.82) is 0 Å². The van der Waals surface area contributed by atoms with E-state index in [9.17, 15) is 4.79 Å². The van der Waals surface area contributed by atoms with Crippen LogP contribution in [-0.4, -0.2) is 40.6 Å². The largest absolute Gasteiger partial charge is 0.478 e. The Kier molecular flexibility index (Phi) is 7.08. The lowest BCUT2D eigenvalue weighted by atomic mass is 10.1. The van der Waals surface area contributed by atoms with Gasteiger partial charge >= 0.3 is 5.97 Å². The fraction of sp³-hybridized carbons (Fsp3) is 0.190. The highest BCUT2D eigenvalue weighted by atomic mass is 79.9. The number of carboxylic acids is 1. The zero-order chi connectivity index (χ0) is 21.5. The van der Waals surface area contributed by atoms with Gasteiger partial charge in [0.05, 0.1) is 15.9 Å². The third-order valence-electron chi connectivity index (χ3n) is 4.18. The van der Waals surface area contributed by atoms with E-state index in [1.54, 1.807) is 30.3 Å². The molecule has 0 aliphatic heterocycles. The summed E-state index contributed by atoms with van der Waals surface area (Å²) in [7, 11) is 3.62. The van der Waals surface area contributed by atoms with Gasteiger partial charge in [0, 0.05) is 64.1 Å². The fourth-order valence-electron chi connectivity index (χ4n) is 2.86. The molecule has 1 N–H and O–H groups in total. The summed E-state index contributed by atoms with van der Waals surface area (Å²) in [6.45, 7) is 0. The van der Waals surface area contributed by atoms with Crippen molar-refractivity contribution in [2.24, 2.45) is 14.1 Å². The second-order valence-electron chi connectivity index (χ2n) is 6.64. The first-order chi connectivity index (χ1) is 14.4. The zero-order valence-corrected chi connectivity index (χ0v) is 18.2. The van der Waals surface area contributed by atoms with Crippen LogP contribution in [-0.2, 0) is 26.9 Å². The zero-order valence-electron chi connectivity index (χ0n) is 16.6. The maximum Gasteiger partial charge on any atom is 0.339 e. The molecule has 154 valence electrons. The van der Waals surface area contributed by atoms with Gasteiger partial charge in [-0.05, 0) is 39.2 Å². The highest BCUT2D eigenvalue weighted by Gasteiger charge is 2.14. The summed E-state index contributed by atoms with van der Waals surface area (Å²) in [4.78, 5) is 19.0. The van der Waals surface area contributed by atoms with E-state index in [1.807, 2.05) is 43.7 Å². The Balaban J connectivity index is 0.000000172. The standard InChI is InChI=1S/C11H11N3O2.C10H10BrN3/c1-14-7-9(11(15)16)10(13-14)5-8-3-2-4-12-6-8;1-14-7-9(11)10(13-14)5-8-3-2-4-12-6-8/h2-4,6-7H,5H2,1H3,(H,15,16);2-4,6-7H,5H2,1H3. The van der Waals surface area contributed by atoms with Crippen LogP contribution in [0.5, 0.6) is 0 Å². The van der Waals surface area contributed by atoms with Crippen molar-refractivity contribution < 1.29 is 9.90 Å². The van der Waals surface area contributed by atoms with Crippen molar-refractivity contribution >= 4 is 21.9 Å². The number of hydrogen-bond acceptors (Lipinski definition) is 5. The van der Waals surface area contributed by atoms with Gasteiger partial charge < -0.3 is 5.11 Å². The molecule has 0 saturated heterocycles. The van der Waals surface area contributed by atoms with Crippen molar-refractivity contribution in [3.8, 4) is 0 Å². The van der Waals surface area contributed by atoms with E-state index in [1.165, 1.54) is 16.4 Å². The Morgan fingerprint density at radius 2 is 1.47 bits per heavy atom. The molecule has 0 atom stereocenters. The number of carboxylic acid groups (broad SMARTS) is 1. The normalized spacial score (nSPS) is 10.4. The molecule has 0 fully saturated rings. The van der Waals surface area contributed by atoms with Gasteiger partial charge in [0.1, 0.15) is 5.56 Å². The molecule has 0 aromatic carbocycles. The molecule has 4 rings (SSSR count). The molecular formula is C21H21BrN6O2. The van der Waals surface area contributed by atoms with E-state index in [4.69, 9.17) is 5.11 Å². The van der Waals surface area contributed by atoms with Gasteiger partial charge in [-0.25, -0.2) is 4.79 Å². The van der Waals surface area contributed by atoms with Crippen molar-refractivity contribution in [1.82, 2.24) is 29.5 Å². The third kappa shape index (κ3) is 5.84. The lowest BCUT2D eigenvalue weighted by molar-refractivity contribution is 0.0696. The first-order valence-corrected chi connectivity index (χ1v) is 9.93. The molecule has 0 bridgehead atoms. The molecule has 0 radical (unpaired) electrons. The summed E-state index contributed by atoms with van der Waals surface area (Å²) in [6.07, 6.45) is 11.8. The number of pyridine rings is 2. The molecule has 0 aliphatic carbocycles.